The number of aryl methyl sites for hydroxylation is 1. The van der Waals surface area contributed by atoms with Crippen LogP contribution in [0.25, 0.3) is 26.6 Å². The van der Waals surface area contributed by atoms with E-state index in [0.29, 0.717) is 18.9 Å². The molecule has 4 heterocycles. The molecule has 1 saturated heterocycles. The SMILES string of the molecule is COCCn1c(SCC(=O)N2CCCC2)nnc1-c1cc2c(C)nn(-c3ccccc3)c2s1. The predicted molar refractivity (Wildman–Crippen MR) is 131 cm³/mol. The third-order valence-corrected chi connectivity index (χ3v) is 7.84. The van der Waals surface area contributed by atoms with E-state index >= 15 is 0 Å². The fourth-order valence-electron chi connectivity index (χ4n) is 4.05. The Morgan fingerprint density at radius 1 is 1.18 bits per heavy atom. The zero-order valence-corrected chi connectivity index (χ0v) is 20.4. The predicted octanol–water partition coefficient (Wildman–Crippen LogP) is 4.01. The van der Waals surface area contributed by atoms with Crippen LogP contribution < -0.4 is 0 Å². The number of para-hydroxylation sites is 1. The number of fused-ring (bicyclic) bond motifs is 1. The van der Waals surface area contributed by atoms with Gasteiger partial charge in [0.05, 0.1) is 35.2 Å². The van der Waals surface area contributed by atoms with Gasteiger partial charge in [-0.1, -0.05) is 30.0 Å². The topological polar surface area (TPSA) is 78.1 Å². The van der Waals surface area contributed by atoms with Crippen LogP contribution in [0.5, 0.6) is 0 Å². The number of methoxy groups -OCH3 is 1. The minimum Gasteiger partial charge on any atom is -0.383 e. The number of hydrogen-bond acceptors (Lipinski definition) is 7. The van der Waals surface area contributed by atoms with Gasteiger partial charge in [-0.3, -0.25) is 9.36 Å². The van der Waals surface area contributed by atoms with Crippen molar-refractivity contribution >= 4 is 39.2 Å². The Morgan fingerprint density at radius 3 is 2.73 bits per heavy atom. The number of likely N-dealkylation sites (tertiary alicyclic amines) is 1. The van der Waals surface area contributed by atoms with Crippen LogP contribution in [0.4, 0.5) is 0 Å². The third-order valence-electron chi connectivity index (χ3n) is 5.79. The average molecular weight is 483 g/mol. The second-order valence-corrected chi connectivity index (χ2v) is 9.96. The number of nitrogens with zero attached hydrogens (tertiary/aromatic N) is 6. The molecule has 0 radical (unpaired) electrons. The van der Waals surface area contributed by atoms with Gasteiger partial charge in [0.1, 0.15) is 4.83 Å². The Morgan fingerprint density at radius 2 is 1.97 bits per heavy atom. The molecule has 0 spiro atoms. The largest absolute Gasteiger partial charge is 0.383 e. The standard InChI is InChI=1S/C23H26N6O2S2/c1-16-18-14-19(33-22(18)29(26-16)17-8-4-3-5-9-17)21-24-25-23(28(21)12-13-31-2)32-15-20(30)27-10-6-7-11-27/h3-5,8-9,14H,6-7,10-13,15H2,1-2H3. The first-order chi connectivity index (χ1) is 16.2. The zero-order chi connectivity index (χ0) is 22.8. The van der Waals surface area contributed by atoms with Gasteiger partial charge < -0.3 is 9.64 Å². The van der Waals surface area contributed by atoms with Crippen LogP contribution in [0.1, 0.15) is 18.5 Å². The molecule has 4 aromatic rings. The molecule has 1 aliphatic heterocycles. The van der Waals surface area contributed by atoms with E-state index in [0.717, 1.165) is 63.4 Å². The van der Waals surface area contributed by atoms with Crippen molar-refractivity contribution in [3.05, 3.63) is 42.1 Å². The second-order valence-electron chi connectivity index (χ2n) is 7.99. The monoisotopic (exact) mass is 482 g/mol. The van der Waals surface area contributed by atoms with Crippen molar-refractivity contribution in [1.82, 2.24) is 29.4 Å². The minimum absolute atomic E-state index is 0.167. The van der Waals surface area contributed by atoms with Gasteiger partial charge in [-0.05, 0) is 38.0 Å². The lowest BCUT2D eigenvalue weighted by atomic mass is 10.3. The van der Waals surface area contributed by atoms with Crippen molar-refractivity contribution in [3.63, 3.8) is 0 Å². The maximum Gasteiger partial charge on any atom is 0.233 e. The summed E-state index contributed by atoms with van der Waals surface area (Å²) in [7, 11) is 1.69. The molecule has 8 nitrogen and oxygen atoms in total. The molecule has 1 aromatic carbocycles. The molecule has 10 heteroatoms. The number of carbonyl (C=O) groups is 1. The van der Waals surface area contributed by atoms with Crippen LogP contribution in [0.2, 0.25) is 0 Å². The molecule has 1 fully saturated rings. The van der Waals surface area contributed by atoms with Crippen molar-refractivity contribution in [2.24, 2.45) is 0 Å². The smallest absolute Gasteiger partial charge is 0.233 e. The molecule has 0 unspecified atom stereocenters. The van der Waals surface area contributed by atoms with Gasteiger partial charge in [0.2, 0.25) is 5.91 Å². The fourth-order valence-corrected chi connectivity index (χ4v) is 6.09. The molecule has 0 bridgehead atoms. The van der Waals surface area contributed by atoms with E-state index in [1.165, 1.54) is 11.8 Å². The molecule has 172 valence electrons. The molecule has 0 aliphatic carbocycles. The molecule has 0 atom stereocenters. The van der Waals surface area contributed by atoms with E-state index in [4.69, 9.17) is 9.84 Å². The first kappa shape index (κ1) is 22.1. The third kappa shape index (κ3) is 4.42. The minimum atomic E-state index is 0.167. The maximum atomic E-state index is 12.5. The summed E-state index contributed by atoms with van der Waals surface area (Å²) < 4.78 is 9.38. The Kier molecular flexibility index (Phi) is 6.48. The Balaban J connectivity index is 1.46. The molecule has 0 N–H and O–H groups in total. The first-order valence-electron chi connectivity index (χ1n) is 11.0. The summed E-state index contributed by atoms with van der Waals surface area (Å²) in [5.41, 5.74) is 2.01. The van der Waals surface area contributed by atoms with Crippen molar-refractivity contribution in [1.29, 1.82) is 0 Å². The van der Waals surface area contributed by atoms with Crippen molar-refractivity contribution in [2.75, 3.05) is 32.6 Å². The van der Waals surface area contributed by atoms with Gasteiger partial charge in [-0.25, -0.2) is 4.68 Å². The highest BCUT2D eigenvalue weighted by Gasteiger charge is 2.22. The number of hydrogen-bond donors (Lipinski definition) is 0. The number of benzene rings is 1. The molecule has 1 amide bonds. The van der Waals surface area contributed by atoms with Gasteiger partial charge in [0, 0.05) is 25.6 Å². The summed E-state index contributed by atoms with van der Waals surface area (Å²) in [4.78, 5) is 16.6. The average Bonchev–Trinajstić information content (AvgIpc) is 3.62. The number of thioether (sulfide) groups is 1. The first-order valence-corrected chi connectivity index (χ1v) is 12.8. The van der Waals surface area contributed by atoms with E-state index in [9.17, 15) is 4.79 Å². The lowest BCUT2D eigenvalue weighted by Crippen LogP contribution is -2.29. The van der Waals surface area contributed by atoms with Crippen molar-refractivity contribution in [3.8, 4) is 16.4 Å². The molecular formula is C23H26N6O2S2. The maximum absolute atomic E-state index is 12.5. The molecule has 1 aliphatic rings. The highest BCUT2D eigenvalue weighted by atomic mass is 32.2. The Labute approximate surface area is 200 Å². The summed E-state index contributed by atoms with van der Waals surface area (Å²) in [5.74, 6) is 1.34. The van der Waals surface area contributed by atoms with Crippen LogP contribution in [0.15, 0.2) is 41.6 Å². The number of rotatable bonds is 8. The lowest BCUT2D eigenvalue weighted by molar-refractivity contribution is -0.127. The van der Waals surface area contributed by atoms with Crippen LogP contribution in [-0.4, -0.2) is 67.9 Å². The fraction of sp³-hybridized carbons (Fsp3) is 0.391. The van der Waals surface area contributed by atoms with E-state index in [-0.39, 0.29) is 5.91 Å². The van der Waals surface area contributed by atoms with Gasteiger partial charge in [0.25, 0.3) is 0 Å². The number of thiophene rings is 1. The molecule has 3 aromatic heterocycles. The molecule has 0 saturated carbocycles. The quantitative estimate of drug-likeness (QED) is 0.353. The Hall–Kier alpha value is -2.69. The number of amides is 1. The number of aromatic nitrogens is 5. The highest BCUT2D eigenvalue weighted by molar-refractivity contribution is 7.99. The van der Waals surface area contributed by atoms with E-state index in [1.807, 2.05) is 34.7 Å². The van der Waals surface area contributed by atoms with Crippen LogP contribution in [0, 0.1) is 6.92 Å². The molecular weight excluding hydrogens is 456 g/mol. The summed E-state index contributed by atoms with van der Waals surface area (Å²) in [5, 5.41) is 15.5. The van der Waals surface area contributed by atoms with Crippen LogP contribution in [0.3, 0.4) is 0 Å². The number of ether oxygens (including phenoxy) is 1. The van der Waals surface area contributed by atoms with Crippen molar-refractivity contribution < 1.29 is 9.53 Å². The molecule has 5 rings (SSSR count). The summed E-state index contributed by atoms with van der Waals surface area (Å²) in [6.07, 6.45) is 2.19. The van der Waals surface area contributed by atoms with E-state index < -0.39 is 0 Å². The number of carbonyl (C=O) groups excluding carboxylic acids is 1. The van der Waals surface area contributed by atoms with Crippen LogP contribution in [-0.2, 0) is 16.1 Å². The highest BCUT2D eigenvalue weighted by Crippen LogP contribution is 2.36. The van der Waals surface area contributed by atoms with Gasteiger partial charge in [0.15, 0.2) is 11.0 Å². The summed E-state index contributed by atoms with van der Waals surface area (Å²) >= 11 is 3.10. The van der Waals surface area contributed by atoms with Gasteiger partial charge >= 0.3 is 0 Å². The lowest BCUT2D eigenvalue weighted by Gasteiger charge is -2.14. The normalized spacial score (nSPS) is 13.9. The second kappa shape index (κ2) is 9.66. The summed E-state index contributed by atoms with van der Waals surface area (Å²) in [6, 6.07) is 12.3. The van der Waals surface area contributed by atoms with Crippen molar-refractivity contribution in [2.45, 2.75) is 31.5 Å². The van der Waals surface area contributed by atoms with E-state index in [2.05, 4.69) is 33.0 Å². The Bertz CT molecular complexity index is 1260. The van der Waals surface area contributed by atoms with Crippen LogP contribution >= 0.6 is 23.1 Å². The summed E-state index contributed by atoms with van der Waals surface area (Å²) in [6.45, 7) is 4.91. The van der Waals surface area contributed by atoms with E-state index in [1.54, 1.807) is 18.4 Å². The van der Waals surface area contributed by atoms with Gasteiger partial charge in [-0.15, -0.1) is 21.5 Å². The molecule has 33 heavy (non-hydrogen) atoms. The van der Waals surface area contributed by atoms with Gasteiger partial charge in [-0.2, -0.15) is 5.10 Å². The zero-order valence-electron chi connectivity index (χ0n) is 18.7.